The Labute approximate surface area is 108 Å². The molecule has 1 aromatic carbocycles. The quantitative estimate of drug-likeness (QED) is 0.885. The van der Waals surface area contributed by atoms with Crippen LogP contribution in [0.3, 0.4) is 0 Å². The Morgan fingerprint density at radius 3 is 3.06 bits per heavy atom. The van der Waals surface area contributed by atoms with E-state index in [1.165, 1.54) is 6.07 Å². The van der Waals surface area contributed by atoms with E-state index >= 15 is 0 Å². The van der Waals surface area contributed by atoms with E-state index in [2.05, 4.69) is 4.90 Å². The maximum Gasteiger partial charge on any atom is 0.123 e. The molecule has 0 spiro atoms. The summed E-state index contributed by atoms with van der Waals surface area (Å²) in [6.45, 7) is 3.12. The van der Waals surface area contributed by atoms with Gasteiger partial charge in [0.15, 0.2) is 0 Å². The van der Waals surface area contributed by atoms with Crippen LogP contribution >= 0.6 is 0 Å². The SMILES string of the molecule is CN(Cc1cccc(F)c1)CC1COCCC1N. The molecule has 0 aromatic heterocycles. The molecule has 2 N–H and O–H groups in total. The van der Waals surface area contributed by atoms with Crippen molar-refractivity contribution in [3.8, 4) is 0 Å². The number of hydrogen-bond donors (Lipinski definition) is 1. The Hall–Kier alpha value is -0.970. The molecule has 1 heterocycles. The van der Waals surface area contributed by atoms with Crippen LogP contribution in [-0.4, -0.2) is 37.7 Å². The van der Waals surface area contributed by atoms with E-state index in [4.69, 9.17) is 10.5 Å². The van der Waals surface area contributed by atoms with Crippen LogP contribution in [0.5, 0.6) is 0 Å². The van der Waals surface area contributed by atoms with E-state index in [0.29, 0.717) is 5.92 Å². The number of nitrogens with two attached hydrogens (primary N) is 1. The Balaban J connectivity index is 1.86. The van der Waals surface area contributed by atoms with Crippen molar-refractivity contribution >= 4 is 0 Å². The van der Waals surface area contributed by atoms with Gasteiger partial charge in [-0.2, -0.15) is 0 Å². The molecule has 0 radical (unpaired) electrons. The van der Waals surface area contributed by atoms with Crippen molar-refractivity contribution in [1.82, 2.24) is 4.90 Å². The van der Waals surface area contributed by atoms with E-state index in [0.717, 1.165) is 38.3 Å². The van der Waals surface area contributed by atoms with Crippen LogP contribution in [-0.2, 0) is 11.3 Å². The molecule has 2 atom stereocenters. The normalized spacial score (nSPS) is 24.4. The molecule has 0 amide bonds. The first kappa shape index (κ1) is 13.5. The second-order valence-corrected chi connectivity index (χ2v) is 5.11. The molecule has 100 valence electrons. The monoisotopic (exact) mass is 252 g/mol. The minimum atomic E-state index is -0.182. The predicted molar refractivity (Wildman–Crippen MR) is 69.6 cm³/mol. The molecule has 4 heteroatoms. The Morgan fingerprint density at radius 1 is 1.50 bits per heavy atom. The standard InChI is InChI=1S/C14H21FN2O/c1-17(8-11-3-2-4-13(15)7-11)9-12-10-18-6-5-14(12)16/h2-4,7,12,14H,5-6,8-10,16H2,1H3. The van der Waals surface area contributed by atoms with Gasteiger partial charge in [-0.3, -0.25) is 0 Å². The van der Waals surface area contributed by atoms with Crippen molar-refractivity contribution in [2.75, 3.05) is 26.8 Å². The second kappa shape index (κ2) is 6.27. The third-order valence-electron chi connectivity index (χ3n) is 3.42. The van der Waals surface area contributed by atoms with Gasteiger partial charge in [-0.1, -0.05) is 12.1 Å². The van der Waals surface area contributed by atoms with E-state index in [1.807, 2.05) is 13.1 Å². The van der Waals surface area contributed by atoms with Gasteiger partial charge >= 0.3 is 0 Å². The first-order valence-corrected chi connectivity index (χ1v) is 6.41. The van der Waals surface area contributed by atoms with E-state index in [1.54, 1.807) is 12.1 Å². The highest BCUT2D eigenvalue weighted by Crippen LogP contribution is 2.15. The summed E-state index contributed by atoms with van der Waals surface area (Å²) in [6.07, 6.45) is 0.929. The Bertz CT molecular complexity index is 386. The van der Waals surface area contributed by atoms with Crippen LogP contribution < -0.4 is 5.73 Å². The van der Waals surface area contributed by atoms with Crippen LogP contribution in [0, 0.1) is 11.7 Å². The predicted octanol–water partition coefficient (Wildman–Crippen LogP) is 1.62. The average Bonchev–Trinajstić information content (AvgIpc) is 2.32. The van der Waals surface area contributed by atoms with Gasteiger partial charge in [0.2, 0.25) is 0 Å². The van der Waals surface area contributed by atoms with Gasteiger partial charge in [-0.05, 0) is 31.2 Å². The number of halogens is 1. The lowest BCUT2D eigenvalue weighted by Gasteiger charge is -2.32. The maximum absolute atomic E-state index is 13.1. The topological polar surface area (TPSA) is 38.5 Å². The first-order chi connectivity index (χ1) is 8.65. The number of ether oxygens (including phenoxy) is 1. The van der Waals surface area contributed by atoms with Crippen molar-refractivity contribution in [3.63, 3.8) is 0 Å². The van der Waals surface area contributed by atoms with Gasteiger partial charge < -0.3 is 15.4 Å². The second-order valence-electron chi connectivity index (χ2n) is 5.11. The summed E-state index contributed by atoms with van der Waals surface area (Å²) in [7, 11) is 2.03. The van der Waals surface area contributed by atoms with Crippen LogP contribution in [0.1, 0.15) is 12.0 Å². The third kappa shape index (κ3) is 3.77. The first-order valence-electron chi connectivity index (χ1n) is 6.41. The summed E-state index contributed by atoms with van der Waals surface area (Å²) in [4.78, 5) is 2.17. The smallest absolute Gasteiger partial charge is 0.123 e. The molecule has 1 fully saturated rings. The van der Waals surface area contributed by atoms with Gasteiger partial charge in [0.1, 0.15) is 5.82 Å². The fourth-order valence-corrected chi connectivity index (χ4v) is 2.41. The molecule has 1 aliphatic heterocycles. The average molecular weight is 252 g/mol. The zero-order chi connectivity index (χ0) is 13.0. The van der Waals surface area contributed by atoms with Gasteiger partial charge in [0.25, 0.3) is 0 Å². The minimum absolute atomic E-state index is 0.182. The number of benzene rings is 1. The molecule has 1 saturated heterocycles. The van der Waals surface area contributed by atoms with Crippen LogP contribution in [0.15, 0.2) is 24.3 Å². The highest BCUT2D eigenvalue weighted by molar-refractivity contribution is 5.16. The van der Waals surface area contributed by atoms with Crippen LogP contribution in [0.2, 0.25) is 0 Å². The molecule has 1 aliphatic rings. The van der Waals surface area contributed by atoms with Crippen molar-refractivity contribution in [1.29, 1.82) is 0 Å². The summed E-state index contributed by atoms with van der Waals surface area (Å²) in [6, 6.07) is 6.95. The summed E-state index contributed by atoms with van der Waals surface area (Å²) in [5, 5.41) is 0. The minimum Gasteiger partial charge on any atom is -0.381 e. The highest BCUT2D eigenvalue weighted by atomic mass is 19.1. The maximum atomic E-state index is 13.1. The van der Waals surface area contributed by atoms with Crippen molar-refractivity contribution in [2.45, 2.75) is 19.0 Å². The van der Waals surface area contributed by atoms with Gasteiger partial charge in [-0.25, -0.2) is 4.39 Å². The van der Waals surface area contributed by atoms with Gasteiger partial charge in [0.05, 0.1) is 6.61 Å². The molecule has 0 saturated carbocycles. The van der Waals surface area contributed by atoms with E-state index < -0.39 is 0 Å². The Kier molecular flexibility index (Phi) is 4.69. The molecule has 18 heavy (non-hydrogen) atoms. The molecule has 3 nitrogen and oxygen atoms in total. The molecule has 2 unspecified atom stereocenters. The number of rotatable bonds is 4. The van der Waals surface area contributed by atoms with Crippen molar-refractivity contribution < 1.29 is 9.13 Å². The van der Waals surface area contributed by atoms with Gasteiger partial charge in [-0.15, -0.1) is 0 Å². The molecule has 0 aliphatic carbocycles. The number of hydrogen-bond acceptors (Lipinski definition) is 3. The largest absolute Gasteiger partial charge is 0.381 e. The third-order valence-corrected chi connectivity index (χ3v) is 3.42. The van der Waals surface area contributed by atoms with E-state index in [-0.39, 0.29) is 11.9 Å². The number of nitrogens with zero attached hydrogens (tertiary/aromatic N) is 1. The molecular formula is C14H21FN2O. The summed E-state index contributed by atoms with van der Waals surface area (Å²) < 4.78 is 18.5. The van der Waals surface area contributed by atoms with Crippen molar-refractivity contribution in [3.05, 3.63) is 35.6 Å². The summed E-state index contributed by atoms with van der Waals surface area (Å²) in [5.74, 6) is 0.191. The Morgan fingerprint density at radius 2 is 2.33 bits per heavy atom. The molecular weight excluding hydrogens is 231 g/mol. The molecule has 1 aromatic rings. The molecule has 2 rings (SSSR count). The van der Waals surface area contributed by atoms with Gasteiger partial charge in [0, 0.05) is 31.7 Å². The van der Waals surface area contributed by atoms with Crippen LogP contribution in [0.25, 0.3) is 0 Å². The summed E-state index contributed by atoms with van der Waals surface area (Å²) >= 11 is 0. The van der Waals surface area contributed by atoms with Crippen LogP contribution in [0.4, 0.5) is 4.39 Å². The fourth-order valence-electron chi connectivity index (χ4n) is 2.41. The van der Waals surface area contributed by atoms with Crippen molar-refractivity contribution in [2.24, 2.45) is 11.7 Å². The zero-order valence-electron chi connectivity index (χ0n) is 10.8. The molecule has 0 bridgehead atoms. The lowest BCUT2D eigenvalue weighted by Crippen LogP contribution is -2.44. The lowest BCUT2D eigenvalue weighted by atomic mass is 9.96. The zero-order valence-corrected chi connectivity index (χ0v) is 10.8. The van der Waals surface area contributed by atoms with E-state index in [9.17, 15) is 4.39 Å². The summed E-state index contributed by atoms with van der Waals surface area (Å²) in [5.41, 5.74) is 7.07. The highest BCUT2D eigenvalue weighted by Gasteiger charge is 2.23. The fraction of sp³-hybridized carbons (Fsp3) is 0.571. The lowest BCUT2D eigenvalue weighted by molar-refractivity contribution is 0.0285.